The predicted octanol–water partition coefficient (Wildman–Crippen LogP) is 2.39. The van der Waals surface area contributed by atoms with Crippen molar-refractivity contribution >= 4 is 5.91 Å². The standard InChI is InChI=1S/C18H17FN4O2/c1-12(13-5-3-2-4-6-13)20-18(25)17-16(11-24)21-23(22-17)15-9-7-14(19)8-10-15/h2-10,12,24H,11H2,1H3,(H,20,25)/t12-/m1/s1. The highest BCUT2D eigenvalue weighted by atomic mass is 19.1. The van der Waals surface area contributed by atoms with Crippen LogP contribution in [0.1, 0.15) is 34.7 Å². The topological polar surface area (TPSA) is 80.0 Å². The molecule has 6 nitrogen and oxygen atoms in total. The van der Waals surface area contributed by atoms with Crippen molar-refractivity contribution in [1.82, 2.24) is 20.3 Å². The molecule has 1 atom stereocenters. The highest BCUT2D eigenvalue weighted by Gasteiger charge is 2.20. The number of nitrogens with zero attached hydrogens (tertiary/aromatic N) is 3. The second-order valence-electron chi connectivity index (χ2n) is 5.53. The minimum Gasteiger partial charge on any atom is -0.390 e. The minimum absolute atomic E-state index is 0.0367. The molecule has 0 saturated carbocycles. The summed E-state index contributed by atoms with van der Waals surface area (Å²) in [7, 11) is 0. The highest BCUT2D eigenvalue weighted by Crippen LogP contribution is 2.14. The van der Waals surface area contributed by atoms with Gasteiger partial charge in [0, 0.05) is 0 Å². The van der Waals surface area contributed by atoms with Crippen LogP contribution in [-0.2, 0) is 6.61 Å². The number of nitrogens with one attached hydrogen (secondary N) is 1. The number of aliphatic hydroxyl groups is 1. The van der Waals surface area contributed by atoms with Crippen LogP contribution in [0.5, 0.6) is 0 Å². The van der Waals surface area contributed by atoms with Crippen molar-refractivity contribution in [1.29, 1.82) is 0 Å². The lowest BCUT2D eigenvalue weighted by molar-refractivity contribution is 0.0931. The third-order valence-electron chi connectivity index (χ3n) is 3.75. The molecule has 0 aliphatic rings. The van der Waals surface area contributed by atoms with Crippen molar-refractivity contribution < 1.29 is 14.3 Å². The molecule has 0 radical (unpaired) electrons. The van der Waals surface area contributed by atoms with E-state index in [-0.39, 0.29) is 23.2 Å². The number of halogens is 1. The Labute approximate surface area is 143 Å². The number of hydrogen-bond donors (Lipinski definition) is 2. The number of aliphatic hydroxyl groups excluding tert-OH is 1. The van der Waals surface area contributed by atoms with Gasteiger partial charge in [0.2, 0.25) is 0 Å². The monoisotopic (exact) mass is 340 g/mol. The van der Waals surface area contributed by atoms with E-state index in [2.05, 4.69) is 15.5 Å². The molecule has 1 amide bonds. The van der Waals surface area contributed by atoms with E-state index < -0.39 is 12.5 Å². The van der Waals surface area contributed by atoms with Crippen LogP contribution in [0, 0.1) is 5.82 Å². The summed E-state index contributed by atoms with van der Waals surface area (Å²) in [6.45, 7) is 1.43. The zero-order chi connectivity index (χ0) is 17.8. The summed E-state index contributed by atoms with van der Waals surface area (Å²) in [5.74, 6) is -0.818. The normalized spacial score (nSPS) is 12.0. The molecule has 0 aliphatic heterocycles. The Hall–Kier alpha value is -3.06. The Morgan fingerprint density at radius 3 is 2.48 bits per heavy atom. The van der Waals surface area contributed by atoms with Crippen LogP contribution in [0.3, 0.4) is 0 Å². The summed E-state index contributed by atoms with van der Waals surface area (Å²) < 4.78 is 13.0. The van der Waals surface area contributed by atoms with E-state index in [0.717, 1.165) is 5.56 Å². The molecule has 0 spiro atoms. The Morgan fingerprint density at radius 2 is 1.84 bits per heavy atom. The molecule has 0 bridgehead atoms. The van der Waals surface area contributed by atoms with Crippen LogP contribution < -0.4 is 5.32 Å². The lowest BCUT2D eigenvalue weighted by Crippen LogP contribution is -2.28. The molecule has 3 aromatic rings. The first-order valence-corrected chi connectivity index (χ1v) is 7.77. The molecule has 25 heavy (non-hydrogen) atoms. The van der Waals surface area contributed by atoms with Gasteiger partial charge in [-0.05, 0) is 36.8 Å². The summed E-state index contributed by atoms with van der Waals surface area (Å²) in [5, 5.41) is 20.5. The van der Waals surface area contributed by atoms with Crippen molar-refractivity contribution in [3.63, 3.8) is 0 Å². The highest BCUT2D eigenvalue weighted by molar-refractivity contribution is 5.93. The summed E-state index contributed by atoms with van der Waals surface area (Å²) >= 11 is 0. The fraction of sp³-hybridized carbons (Fsp3) is 0.167. The number of carbonyl (C=O) groups excluding carboxylic acids is 1. The van der Waals surface area contributed by atoms with E-state index in [1.54, 1.807) is 0 Å². The fourth-order valence-electron chi connectivity index (χ4n) is 2.40. The molecule has 0 aliphatic carbocycles. The lowest BCUT2D eigenvalue weighted by atomic mass is 10.1. The first-order valence-electron chi connectivity index (χ1n) is 7.77. The molecule has 0 saturated heterocycles. The fourth-order valence-corrected chi connectivity index (χ4v) is 2.40. The van der Waals surface area contributed by atoms with Gasteiger partial charge in [0.15, 0.2) is 5.69 Å². The summed E-state index contributed by atoms with van der Waals surface area (Å²) in [6, 6.07) is 14.8. The Kier molecular flexibility index (Phi) is 4.85. The molecule has 1 heterocycles. The van der Waals surface area contributed by atoms with Crippen LogP contribution in [0.2, 0.25) is 0 Å². The van der Waals surface area contributed by atoms with Gasteiger partial charge >= 0.3 is 0 Å². The SMILES string of the molecule is C[C@@H](NC(=O)c1nn(-c2ccc(F)cc2)nc1CO)c1ccccc1. The van der Waals surface area contributed by atoms with Gasteiger partial charge in [-0.1, -0.05) is 30.3 Å². The van der Waals surface area contributed by atoms with E-state index in [1.165, 1.54) is 29.1 Å². The maximum absolute atomic E-state index is 13.0. The summed E-state index contributed by atoms with van der Waals surface area (Å²) in [6.07, 6.45) is 0. The summed E-state index contributed by atoms with van der Waals surface area (Å²) in [4.78, 5) is 13.7. The van der Waals surface area contributed by atoms with Gasteiger partial charge in [-0.3, -0.25) is 4.79 Å². The second kappa shape index (κ2) is 7.23. The molecule has 0 fully saturated rings. The third-order valence-corrected chi connectivity index (χ3v) is 3.75. The van der Waals surface area contributed by atoms with E-state index in [4.69, 9.17) is 0 Å². The van der Waals surface area contributed by atoms with Gasteiger partial charge in [-0.25, -0.2) is 4.39 Å². The van der Waals surface area contributed by atoms with Gasteiger partial charge in [0.05, 0.1) is 18.3 Å². The first-order chi connectivity index (χ1) is 12.1. The third kappa shape index (κ3) is 3.72. The molecular formula is C18H17FN4O2. The molecule has 1 aromatic heterocycles. The maximum Gasteiger partial charge on any atom is 0.274 e. The molecule has 3 rings (SSSR count). The van der Waals surface area contributed by atoms with Crippen LogP contribution in [-0.4, -0.2) is 26.0 Å². The van der Waals surface area contributed by atoms with E-state index in [9.17, 15) is 14.3 Å². The minimum atomic E-state index is -0.436. The Bertz CT molecular complexity index is 863. The van der Waals surface area contributed by atoms with Gasteiger partial charge in [-0.15, -0.1) is 10.2 Å². The van der Waals surface area contributed by atoms with Crippen molar-refractivity contribution in [2.45, 2.75) is 19.6 Å². The number of aromatic nitrogens is 3. The number of benzene rings is 2. The number of carbonyl (C=O) groups is 1. The van der Waals surface area contributed by atoms with Gasteiger partial charge < -0.3 is 10.4 Å². The van der Waals surface area contributed by atoms with Crippen LogP contribution in [0.4, 0.5) is 4.39 Å². The van der Waals surface area contributed by atoms with Crippen LogP contribution in [0.15, 0.2) is 54.6 Å². The van der Waals surface area contributed by atoms with E-state index in [0.29, 0.717) is 5.69 Å². The quantitative estimate of drug-likeness (QED) is 0.747. The Balaban J connectivity index is 1.83. The van der Waals surface area contributed by atoms with Crippen molar-refractivity contribution in [3.05, 3.63) is 77.4 Å². The van der Waals surface area contributed by atoms with E-state index in [1.807, 2.05) is 37.3 Å². The molecule has 2 N–H and O–H groups in total. The maximum atomic E-state index is 13.0. The number of amides is 1. The number of rotatable bonds is 5. The molecule has 2 aromatic carbocycles. The predicted molar refractivity (Wildman–Crippen MR) is 89.6 cm³/mol. The Morgan fingerprint density at radius 1 is 1.16 bits per heavy atom. The van der Waals surface area contributed by atoms with Gasteiger partial charge in [0.1, 0.15) is 11.5 Å². The smallest absolute Gasteiger partial charge is 0.274 e. The zero-order valence-electron chi connectivity index (χ0n) is 13.6. The van der Waals surface area contributed by atoms with Crippen LogP contribution in [0.25, 0.3) is 5.69 Å². The molecule has 0 unspecified atom stereocenters. The van der Waals surface area contributed by atoms with Gasteiger partial charge in [0.25, 0.3) is 5.91 Å². The summed E-state index contributed by atoms with van der Waals surface area (Å²) in [5.41, 5.74) is 1.63. The lowest BCUT2D eigenvalue weighted by Gasteiger charge is -2.13. The van der Waals surface area contributed by atoms with E-state index >= 15 is 0 Å². The molecule has 128 valence electrons. The van der Waals surface area contributed by atoms with Crippen molar-refractivity contribution in [2.75, 3.05) is 0 Å². The van der Waals surface area contributed by atoms with Gasteiger partial charge in [-0.2, -0.15) is 4.80 Å². The largest absolute Gasteiger partial charge is 0.390 e. The zero-order valence-corrected chi connectivity index (χ0v) is 13.6. The first kappa shape index (κ1) is 16.8. The van der Waals surface area contributed by atoms with Crippen LogP contribution >= 0.6 is 0 Å². The number of hydrogen-bond acceptors (Lipinski definition) is 4. The molecule has 7 heteroatoms. The van der Waals surface area contributed by atoms with Crippen molar-refractivity contribution in [3.8, 4) is 5.69 Å². The van der Waals surface area contributed by atoms with Crippen molar-refractivity contribution in [2.24, 2.45) is 0 Å². The average molecular weight is 340 g/mol. The average Bonchev–Trinajstić information content (AvgIpc) is 3.07. The second-order valence-corrected chi connectivity index (χ2v) is 5.53. The molecular weight excluding hydrogens is 323 g/mol.